The smallest absolute Gasteiger partial charge is 0.223 e. The Labute approximate surface area is 166 Å². The number of hydrogen-bond donors (Lipinski definition) is 4. The zero-order chi connectivity index (χ0) is 18.8. The van der Waals surface area contributed by atoms with Crippen LogP contribution in [-0.4, -0.2) is 46.4 Å². The Morgan fingerprint density at radius 3 is 1.62 bits per heavy atom. The molecular formula is C18H34N4O2S2. The number of hydrogen-bond acceptors (Lipinski definition) is 6. The fourth-order valence-electron chi connectivity index (χ4n) is 3.34. The van der Waals surface area contributed by atoms with Gasteiger partial charge in [0.15, 0.2) is 0 Å². The molecule has 2 rings (SSSR count). The van der Waals surface area contributed by atoms with Gasteiger partial charge in [-0.25, -0.2) is 0 Å². The highest BCUT2D eigenvalue weighted by molar-refractivity contribution is 8.00. The zero-order valence-corrected chi connectivity index (χ0v) is 17.6. The summed E-state index contributed by atoms with van der Waals surface area (Å²) in [5, 5.41) is 13.1. The van der Waals surface area contributed by atoms with Crippen LogP contribution in [0.2, 0.25) is 0 Å². The molecule has 0 aromatic rings. The van der Waals surface area contributed by atoms with Crippen LogP contribution in [0.1, 0.15) is 65.2 Å². The number of rotatable bonds is 11. The first-order chi connectivity index (χ1) is 12.6. The molecule has 2 aliphatic rings. The summed E-state index contributed by atoms with van der Waals surface area (Å²) >= 11 is 3.57. The van der Waals surface area contributed by atoms with E-state index in [1.54, 1.807) is 23.5 Å². The highest BCUT2D eigenvalue weighted by atomic mass is 32.2. The normalized spacial score (nSPS) is 29.3. The van der Waals surface area contributed by atoms with Crippen LogP contribution in [0.5, 0.6) is 0 Å². The summed E-state index contributed by atoms with van der Waals surface area (Å²) in [6.45, 7) is 4.31. The maximum Gasteiger partial charge on any atom is 0.223 e. The van der Waals surface area contributed by atoms with Gasteiger partial charge in [0.25, 0.3) is 0 Å². The summed E-state index contributed by atoms with van der Waals surface area (Å²) in [6.07, 6.45) is 7.74. The molecule has 26 heavy (non-hydrogen) atoms. The minimum Gasteiger partial charge on any atom is -0.332 e. The Bertz CT molecular complexity index is 413. The van der Waals surface area contributed by atoms with E-state index in [-0.39, 0.29) is 22.8 Å². The Kier molecular flexibility index (Phi) is 10.2. The molecule has 0 radical (unpaired) electrons. The molecular weight excluding hydrogens is 368 g/mol. The molecule has 0 bridgehead atoms. The molecule has 2 saturated heterocycles. The molecule has 2 fully saturated rings. The van der Waals surface area contributed by atoms with E-state index in [9.17, 15) is 9.59 Å². The predicted octanol–water partition coefficient (Wildman–Crippen LogP) is 2.36. The highest BCUT2D eigenvalue weighted by Gasteiger charge is 2.26. The molecule has 2 aliphatic heterocycles. The van der Waals surface area contributed by atoms with Crippen LogP contribution < -0.4 is 21.3 Å². The fraction of sp³-hybridized carbons (Fsp3) is 0.889. The minimum absolute atomic E-state index is 0.0505. The molecule has 8 heteroatoms. The molecule has 6 nitrogen and oxygen atoms in total. The van der Waals surface area contributed by atoms with Crippen molar-refractivity contribution in [2.24, 2.45) is 0 Å². The quantitative estimate of drug-likeness (QED) is 0.397. The summed E-state index contributed by atoms with van der Waals surface area (Å²) in [5.74, 6) is 2.38. The van der Waals surface area contributed by atoms with Gasteiger partial charge in [-0.05, 0) is 37.2 Å². The largest absolute Gasteiger partial charge is 0.332 e. The van der Waals surface area contributed by atoms with Crippen molar-refractivity contribution >= 4 is 35.3 Å². The van der Waals surface area contributed by atoms with Crippen LogP contribution in [-0.2, 0) is 9.59 Å². The number of thioether (sulfide) groups is 2. The number of carbonyl (C=O) groups excluding carboxylic acids is 2. The lowest BCUT2D eigenvalue weighted by molar-refractivity contribution is -0.124. The van der Waals surface area contributed by atoms with Crippen molar-refractivity contribution in [3.8, 4) is 0 Å². The summed E-state index contributed by atoms with van der Waals surface area (Å²) in [6, 6.07) is 0.637. The molecule has 0 aliphatic carbocycles. The SMILES string of the molecule is CCCC1CC(=O)NC(SCCCCSC2NC(=O)CC(CCC)N2)N1. The van der Waals surface area contributed by atoms with Crippen molar-refractivity contribution in [3.05, 3.63) is 0 Å². The van der Waals surface area contributed by atoms with Crippen molar-refractivity contribution in [1.29, 1.82) is 0 Å². The lowest BCUT2D eigenvalue weighted by Crippen LogP contribution is -2.54. The lowest BCUT2D eigenvalue weighted by atomic mass is 10.1. The summed E-state index contributed by atoms with van der Waals surface area (Å²) < 4.78 is 0. The third-order valence-corrected chi connectivity index (χ3v) is 6.83. The van der Waals surface area contributed by atoms with Crippen LogP contribution in [0.25, 0.3) is 0 Å². The van der Waals surface area contributed by atoms with Crippen LogP contribution in [0.4, 0.5) is 0 Å². The standard InChI is InChI=1S/C18H34N4O2S2/c1-3-7-13-11-15(23)21-17(19-13)25-9-5-6-10-26-18-20-14(8-4-2)12-16(24)22-18/h13-14,17-20H,3-12H2,1-2H3,(H,21,23)(H,22,24). The van der Waals surface area contributed by atoms with E-state index in [1.165, 1.54) is 0 Å². The van der Waals surface area contributed by atoms with Gasteiger partial charge in [-0.2, -0.15) is 0 Å². The van der Waals surface area contributed by atoms with Gasteiger partial charge in [-0.3, -0.25) is 20.2 Å². The Hall–Kier alpha value is -0.440. The monoisotopic (exact) mass is 402 g/mol. The van der Waals surface area contributed by atoms with Gasteiger partial charge >= 0.3 is 0 Å². The number of amides is 2. The first kappa shape index (κ1) is 21.9. The van der Waals surface area contributed by atoms with Gasteiger partial charge in [0.2, 0.25) is 11.8 Å². The van der Waals surface area contributed by atoms with Crippen molar-refractivity contribution in [2.45, 2.75) is 88.3 Å². The van der Waals surface area contributed by atoms with Crippen molar-refractivity contribution < 1.29 is 9.59 Å². The molecule has 0 spiro atoms. The first-order valence-corrected chi connectivity index (χ1v) is 12.0. The van der Waals surface area contributed by atoms with Gasteiger partial charge in [-0.15, -0.1) is 23.5 Å². The van der Waals surface area contributed by atoms with Gasteiger partial charge in [-0.1, -0.05) is 26.7 Å². The van der Waals surface area contributed by atoms with Gasteiger partial charge in [0, 0.05) is 24.9 Å². The average Bonchev–Trinajstić information content (AvgIpc) is 2.57. The molecule has 150 valence electrons. The van der Waals surface area contributed by atoms with Crippen LogP contribution >= 0.6 is 23.5 Å². The Morgan fingerprint density at radius 1 is 0.808 bits per heavy atom. The molecule has 4 unspecified atom stereocenters. The van der Waals surface area contributed by atoms with E-state index in [1.807, 2.05) is 0 Å². The maximum absolute atomic E-state index is 11.8. The number of unbranched alkanes of at least 4 members (excludes halogenated alkanes) is 1. The molecule has 0 aromatic carbocycles. The van der Waals surface area contributed by atoms with Crippen LogP contribution in [0.15, 0.2) is 0 Å². The average molecular weight is 403 g/mol. The number of nitrogens with one attached hydrogen (secondary N) is 4. The van der Waals surface area contributed by atoms with E-state index in [0.29, 0.717) is 24.9 Å². The van der Waals surface area contributed by atoms with E-state index >= 15 is 0 Å². The Morgan fingerprint density at radius 2 is 1.23 bits per heavy atom. The van der Waals surface area contributed by atoms with Gasteiger partial charge in [0.05, 0.1) is 0 Å². The predicted molar refractivity (Wildman–Crippen MR) is 111 cm³/mol. The van der Waals surface area contributed by atoms with Crippen LogP contribution in [0, 0.1) is 0 Å². The van der Waals surface area contributed by atoms with E-state index in [4.69, 9.17) is 0 Å². The molecule has 0 aromatic heterocycles. The van der Waals surface area contributed by atoms with E-state index in [0.717, 1.165) is 50.0 Å². The van der Waals surface area contributed by atoms with Crippen LogP contribution in [0.3, 0.4) is 0 Å². The van der Waals surface area contributed by atoms with Crippen molar-refractivity contribution in [2.75, 3.05) is 11.5 Å². The van der Waals surface area contributed by atoms with Gasteiger partial charge < -0.3 is 10.6 Å². The topological polar surface area (TPSA) is 82.3 Å². The lowest BCUT2D eigenvalue weighted by Gasteiger charge is -2.31. The van der Waals surface area contributed by atoms with E-state index in [2.05, 4.69) is 35.1 Å². The molecule has 4 atom stereocenters. The van der Waals surface area contributed by atoms with Crippen molar-refractivity contribution in [3.63, 3.8) is 0 Å². The second-order valence-electron chi connectivity index (χ2n) is 7.06. The molecule has 0 saturated carbocycles. The molecule has 4 N–H and O–H groups in total. The fourth-order valence-corrected chi connectivity index (χ4v) is 5.56. The number of carbonyl (C=O) groups is 2. The summed E-state index contributed by atoms with van der Waals surface area (Å²) in [5.41, 5.74) is 0.101. The second kappa shape index (κ2) is 12.1. The van der Waals surface area contributed by atoms with Crippen molar-refractivity contribution in [1.82, 2.24) is 21.3 Å². The third-order valence-electron chi connectivity index (χ3n) is 4.60. The van der Waals surface area contributed by atoms with Gasteiger partial charge in [0.1, 0.15) is 11.0 Å². The summed E-state index contributed by atoms with van der Waals surface area (Å²) in [4.78, 5) is 23.5. The zero-order valence-electron chi connectivity index (χ0n) is 16.0. The first-order valence-electron chi connectivity index (χ1n) is 9.94. The maximum atomic E-state index is 11.8. The molecule has 2 amide bonds. The second-order valence-corrected chi connectivity index (χ2v) is 9.48. The molecule has 2 heterocycles. The third kappa shape index (κ3) is 8.06. The highest BCUT2D eigenvalue weighted by Crippen LogP contribution is 2.19. The minimum atomic E-state index is 0.0505. The summed E-state index contributed by atoms with van der Waals surface area (Å²) in [7, 11) is 0. The Balaban J connectivity index is 1.55. The van der Waals surface area contributed by atoms with E-state index < -0.39 is 0 Å².